The van der Waals surface area contributed by atoms with Gasteiger partial charge in [-0.1, -0.05) is 17.7 Å². The summed E-state index contributed by atoms with van der Waals surface area (Å²) in [6.07, 6.45) is 1.57. The maximum absolute atomic E-state index is 11.8. The maximum atomic E-state index is 11.8. The van der Waals surface area contributed by atoms with Crippen LogP contribution in [0.2, 0.25) is 5.02 Å². The Morgan fingerprint density at radius 1 is 1.44 bits per heavy atom. The lowest BCUT2D eigenvalue weighted by Gasteiger charge is -2.06. The lowest BCUT2D eigenvalue weighted by molar-refractivity contribution is -0.384. The molecule has 98 valence electrons. The van der Waals surface area contributed by atoms with Crippen LogP contribution in [0.25, 0.3) is 0 Å². The van der Waals surface area contributed by atoms with Crippen molar-refractivity contribution >= 4 is 23.2 Å². The van der Waals surface area contributed by atoms with E-state index in [2.05, 4.69) is 5.32 Å². The first-order valence-corrected chi connectivity index (χ1v) is 5.87. The molecule has 0 saturated carbocycles. The summed E-state index contributed by atoms with van der Waals surface area (Å²) in [4.78, 5) is 21.8. The smallest absolute Gasteiger partial charge is 0.288 e. The van der Waals surface area contributed by atoms with E-state index in [9.17, 15) is 14.9 Å². The van der Waals surface area contributed by atoms with Crippen molar-refractivity contribution < 1.29 is 9.72 Å². The van der Waals surface area contributed by atoms with Gasteiger partial charge in [0, 0.05) is 12.6 Å². The molecule has 1 amide bonds. The number of nitro groups is 1. The number of halogens is 1. The van der Waals surface area contributed by atoms with Gasteiger partial charge >= 0.3 is 0 Å². The van der Waals surface area contributed by atoms with Gasteiger partial charge in [-0.2, -0.15) is 0 Å². The van der Waals surface area contributed by atoms with Gasteiger partial charge in [-0.15, -0.1) is 0 Å². The zero-order chi connectivity index (χ0) is 13.5. The summed E-state index contributed by atoms with van der Waals surface area (Å²) < 4.78 is 0. The molecule has 0 atom stereocenters. The van der Waals surface area contributed by atoms with Gasteiger partial charge in [0.1, 0.15) is 5.02 Å². The second-order valence-electron chi connectivity index (χ2n) is 3.65. The van der Waals surface area contributed by atoms with Gasteiger partial charge in [0.15, 0.2) is 0 Å². The summed E-state index contributed by atoms with van der Waals surface area (Å²) in [5.41, 5.74) is 5.16. The molecule has 0 spiro atoms. The monoisotopic (exact) mass is 271 g/mol. The molecule has 0 unspecified atom stereocenters. The molecule has 18 heavy (non-hydrogen) atoms. The molecule has 0 heterocycles. The summed E-state index contributed by atoms with van der Waals surface area (Å²) >= 11 is 5.82. The first kappa shape index (κ1) is 14.4. The number of carbonyl (C=O) groups excluding carboxylic acids is 1. The Balaban J connectivity index is 2.74. The van der Waals surface area contributed by atoms with Gasteiger partial charge in [-0.05, 0) is 25.5 Å². The summed E-state index contributed by atoms with van der Waals surface area (Å²) in [5.74, 6) is -0.416. The van der Waals surface area contributed by atoms with Crippen LogP contribution in [0.5, 0.6) is 0 Å². The quantitative estimate of drug-likeness (QED) is 0.467. The van der Waals surface area contributed by atoms with Gasteiger partial charge in [0.05, 0.1) is 10.5 Å². The van der Waals surface area contributed by atoms with Crippen LogP contribution in [0.15, 0.2) is 18.2 Å². The Morgan fingerprint density at radius 2 is 2.17 bits per heavy atom. The number of nitrogens with zero attached hydrogens (tertiary/aromatic N) is 1. The number of hydrogen-bond donors (Lipinski definition) is 2. The maximum Gasteiger partial charge on any atom is 0.288 e. The molecule has 1 aromatic rings. The molecule has 3 N–H and O–H groups in total. The molecule has 1 rings (SSSR count). The molecule has 0 aromatic heterocycles. The highest BCUT2D eigenvalue weighted by Crippen LogP contribution is 2.27. The Morgan fingerprint density at radius 3 is 2.78 bits per heavy atom. The molecule has 0 fully saturated rings. The predicted octanol–water partition coefficient (Wildman–Crippen LogP) is 1.72. The molecule has 6 nitrogen and oxygen atoms in total. The number of carbonyl (C=O) groups is 1. The molecule has 0 aliphatic heterocycles. The van der Waals surface area contributed by atoms with Gasteiger partial charge in [0.2, 0.25) is 0 Å². The van der Waals surface area contributed by atoms with Gasteiger partial charge in [-0.3, -0.25) is 14.9 Å². The van der Waals surface area contributed by atoms with Gasteiger partial charge in [-0.25, -0.2) is 0 Å². The second kappa shape index (κ2) is 6.93. The SMILES string of the molecule is NCCCCNC(=O)c1cccc([N+](=O)[O-])c1Cl. The third-order valence-corrected chi connectivity index (χ3v) is 2.73. The Bertz CT molecular complexity index is 451. The Kier molecular flexibility index (Phi) is 5.54. The molecule has 7 heteroatoms. The number of amides is 1. The lowest BCUT2D eigenvalue weighted by Crippen LogP contribution is -2.25. The van der Waals surface area contributed by atoms with Crippen LogP contribution < -0.4 is 11.1 Å². The van der Waals surface area contributed by atoms with Crippen LogP contribution in [0, 0.1) is 10.1 Å². The van der Waals surface area contributed by atoms with Crippen LogP contribution in [0.1, 0.15) is 23.2 Å². The average Bonchev–Trinajstić information content (AvgIpc) is 2.34. The highest BCUT2D eigenvalue weighted by Gasteiger charge is 2.19. The Hall–Kier alpha value is -1.66. The summed E-state index contributed by atoms with van der Waals surface area (Å²) in [6, 6.07) is 4.14. The number of nitrogens with two attached hydrogens (primary N) is 1. The van der Waals surface area contributed by atoms with E-state index in [1.54, 1.807) is 0 Å². The molecular weight excluding hydrogens is 258 g/mol. The van der Waals surface area contributed by atoms with Crippen LogP contribution in [-0.4, -0.2) is 23.9 Å². The van der Waals surface area contributed by atoms with Crippen molar-refractivity contribution in [2.75, 3.05) is 13.1 Å². The molecular formula is C11H14ClN3O3. The van der Waals surface area contributed by atoms with E-state index in [-0.39, 0.29) is 16.3 Å². The normalized spacial score (nSPS) is 10.1. The van der Waals surface area contributed by atoms with E-state index >= 15 is 0 Å². The molecule has 0 aliphatic rings. The van der Waals surface area contributed by atoms with Crippen LogP contribution in [-0.2, 0) is 0 Å². The van der Waals surface area contributed by atoms with Gasteiger partial charge in [0.25, 0.3) is 11.6 Å². The van der Waals surface area contributed by atoms with E-state index < -0.39 is 10.8 Å². The van der Waals surface area contributed by atoms with Crippen molar-refractivity contribution in [3.63, 3.8) is 0 Å². The first-order valence-electron chi connectivity index (χ1n) is 5.49. The van der Waals surface area contributed by atoms with E-state index in [1.165, 1.54) is 18.2 Å². The zero-order valence-corrected chi connectivity index (χ0v) is 10.4. The number of nitro benzene ring substituents is 1. The molecule has 0 saturated heterocycles. The van der Waals surface area contributed by atoms with Crippen molar-refractivity contribution in [3.05, 3.63) is 38.9 Å². The minimum absolute atomic E-state index is 0.110. The second-order valence-corrected chi connectivity index (χ2v) is 4.03. The van der Waals surface area contributed by atoms with Crippen LogP contribution in [0.4, 0.5) is 5.69 Å². The van der Waals surface area contributed by atoms with Crippen molar-refractivity contribution in [2.45, 2.75) is 12.8 Å². The lowest BCUT2D eigenvalue weighted by atomic mass is 10.2. The average molecular weight is 272 g/mol. The third-order valence-electron chi connectivity index (χ3n) is 2.34. The fourth-order valence-corrected chi connectivity index (χ4v) is 1.68. The number of nitrogens with one attached hydrogen (secondary N) is 1. The van der Waals surface area contributed by atoms with Crippen molar-refractivity contribution in [1.29, 1.82) is 0 Å². The van der Waals surface area contributed by atoms with E-state index in [4.69, 9.17) is 17.3 Å². The largest absolute Gasteiger partial charge is 0.352 e. The topological polar surface area (TPSA) is 98.3 Å². The predicted molar refractivity (Wildman–Crippen MR) is 68.7 cm³/mol. The fraction of sp³-hybridized carbons (Fsp3) is 0.364. The summed E-state index contributed by atoms with van der Waals surface area (Å²) in [5, 5.41) is 13.2. The highest BCUT2D eigenvalue weighted by molar-refractivity contribution is 6.35. The Labute approximate surface area is 109 Å². The van der Waals surface area contributed by atoms with E-state index in [1.807, 2.05) is 0 Å². The number of unbranched alkanes of at least 4 members (excludes halogenated alkanes) is 1. The van der Waals surface area contributed by atoms with Crippen molar-refractivity contribution in [2.24, 2.45) is 5.73 Å². The first-order chi connectivity index (χ1) is 8.57. The molecule has 0 bridgehead atoms. The van der Waals surface area contributed by atoms with Gasteiger partial charge < -0.3 is 11.1 Å². The molecule has 0 radical (unpaired) electrons. The zero-order valence-electron chi connectivity index (χ0n) is 9.69. The number of benzene rings is 1. The minimum Gasteiger partial charge on any atom is -0.352 e. The molecule has 0 aliphatic carbocycles. The number of hydrogen-bond acceptors (Lipinski definition) is 4. The summed E-state index contributed by atoms with van der Waals surface area (Å²) in [7, 11) is 0. The van der Waals surface area contributed by atoms with E-state index in [0.29, 0.717) is 13.1 Å². The van der Waals surface area contributed by atoms with E-state index in [0.717, 1.165) is 12.8 Å². The van der Waals surface area contributed by atoms with Crippen LogP contribution >= 0.6 is 11.6 Å². The third kappa shape index (κ3) is 3.68. The van der Waals surface area contributed by atoms with Crippen molar-refractivity contribution in [3.8, 4) is 0 Å². The standard InChI is InChI=1S/C11H14ClN3O3/c12-10-8(4-3-5-9(10)15(17)18)11(16)14-7-2-1-6-13/h3-5H,1-2,6-7,13H2,(H,14,16). The summed E-state index contributed by atoms with van der Waals surface area (Å²) in [6.45, 7) is 1.03. The molecule has 1 aromatic carbocycles. The highest BCUT2D eigenvalue weighted by atomic mass is 35.5. The minimum atomic E-state index is -0.618. The fourth-order valence-electron chi connectivity index (χ4n) is 1.40. The van der Waals surface area contributed by atoms with Crippen molar-refractivity contribution in [1.82, 2.24) is 5.32 Å². The van der Waals surface area contributed by atoms with Crippen LogP contribution in [0.3, 0.4) is 0 Å². The number of rotatable bonds is 6.